The van der Waals surface area contributed by atoms with Gasteiger partial charge in [-0.25, -0.2) is 19.6 Å². The van der Waals surface area contributed by atoms with Gasteiger partial charge in [0.05, 0.1) is 0 Å². The summed E-state index contributed by atoms with van der Waals surface area (Å²) in [5.74, 6) is -0.330. The van der Waals surface area contributed by atoms with Crippen LogP contribution < -0.4 is 20.4 Å². The topological polar surface area (TPSA) is 126 Å². The number of rotatable bonds is 9. The van der Waals surface area contributed by atoms with Gasteiger partial charge in [0.1, 0.15) is 18.2 Å². The number of hydrogen-bond acceptors (Lipinski definition) is 9. The van der Waals surface area contributed by atoms with Crippen LogP contribution in [-0.4, -0.2) is 72.3 Å². The Hall–Kier alpha value is -4.67. The minimum atomic E-state index is -1.13. The molecule has 2 heterocycles. The van der Waals surface area contributed by atoms with Crippen LogP contribution in [0.15, 0.2) is 73.1 Å². The average molecular weight is 561 g/mol. The van der Waals surface area contributed by atoms with Gasteiger partial charge in [-0.2, -0.15) is 0 Å². The van der Waals surface area contributed by atoms with Crippen LogP contribution in [0.3, 0.4) is 0 Å². The molecule has 2 amide bonds. The normalized spacial score (nSPS) is 14.1. The van der Waals surface area contributed by atoms with E-state index in [-0.39, 0.29) is 19.1 Å². The molecule has 1 saturated heterocycles. The first-order valence-corrected chi connectivity index (χ1v) is 13.5. The smallest absolute Gasteiger partial charge is 0.408 e. The molecule has 216 valence electrons. The second kappa shape index (κ2) is 13.6. The number of carbonyl (C=O) groups is 3. The number of ether oxygens (including phenoxy) is 2. The molecule has 2 aromatic carbocycles. The van der Waals surface area contributed by atoms with Crippen molar-refractivity contribution in [2.24, 2.45) is 0 Å². The Morgan fingerprint density at radius 2 is 1.51 bits per heavy atom. The highest BCUT2D eigenvalue weighted by atomic mass is 16.6. The summed E-state index contributed by atoms with van der Waals surface area (Å²) in [4.78, 5) is 51.1. The van der Waals surface area contributed by atoms with Gasteiger partial charge in [-0.3, -0.25) is 4.79 Å². The highest BCUT2D eigenvalue weighted by Gasteiger charge is 2.28. The zero-order valence-electron chi connectivity index (χ0n) is 23.6. The van der Waals surface area contributed by atoms with Gasteiger partial charge in [0.2, 0.25) is 5.95 Å². The third kappa shape index (κ3) is 8.92. The summed E-state index contributed by atoms with van der Waals surface area (Å²) in [5.41, 5.74) is 1.47. The molecule has 1 aromatic heterocycles. The number of nitrogens with zero attached hydrogens (tertiary/aromatic N) is 4. The molecular formula is C30H36N6O5. The van der Waals surface area contributed by atoms with Crippen molar-refractivity contribution in [1.29, 1.82) is 0 Å². The SMILES string of the molecule is CC(C)(C)OC(=O)[C@H](CNC(=O)c1ccc(N2CCN(c3ncccn3)CC2)cc1)NC(=O)OCc1ccccc1. The van der Waals surface area contributed by atoms with Crippen LogP contribution in [0, 0.1) is 0 Å². The molecule has 0 bridgehead atoms. The lowest BCUT2D eigenvalue weighted by Gasteiger charge is -2.36. The van der Waals surface area contributed by atoms with E-state index in [0.717, 1.165) is 43.4 Å². The Balaban J connectivity index is 1.30. The van der Waals surface area contributed by atoms with Crippen LogP contribution >= 0.6 is 0 Å². The molecule has 2 N–H and O–H groups in total. The Bertz CT molecular complexity index is 1290. The molecule has 11 nitrogen and oxygen atoms in total. The van der Waals surface area contributed by atoms with Crippen molar-refractivity contribution in [2.45, 2.75) is 39.0 Å². The molecule has 1 aliphatic rings. The maximum absolute atomic E-state index is 12.9. The van der Waals surface area contributed by atoms with Crippen molar-refractivity contribution in [1.82, 2.24) is 20.6 Å². The van der Waals surface area contributed by atoms with E-state index in [1.54, 1.807) is 51.4 Å². The fourth-order valence-corrected chi connectivity index (χ4v) is 4.21. The molecule has 0 radical (unpaired) electrons. The van der Waals surface area contributed by atoms with E-state index in [1.165, 1.54) is 0 Å². The number of aromatic nitrogens is 2. The molecule has 11 heteroatoms. The van der Waals surface area contributed by atoms with Crippen LogP contribution in [-0.2, 0) is 20.9 Å². The highest BCUT2D eigenvalue weighted by molar-refractivity contribution is 5.95. The van der Waals surface area contributed by atoms with Gasteiger partial charge in [0, 0.05) is 56.4 Å². The first-order valence-electron chi connectivity index (χ1n) is 13.5. The van der Waals surface area contributed by atoms with E-state index < -0.39 is 23.7 Å². The molecule has 1 aliphatic heterocycles. The monoisotopic (exact) mass is 560 g/mol. The first kappa shape index (κ1) is 29.3. The molecule has 1 atom stereocenters. The second-order valence-corrected chi connectivity index (χ2v) is 10.6. The number of piperazine rings is 1. The summed E-state index contributed by atoms with van der Waals surface area (Å²) in [7, 11) is 0. The molecule has 1 fully saturated rings. The van der Waals surface area contributed by atoms with Crippen molar-refractivity contribution >= 4 is 29.6 Å². The minimum Gasteiger partial charge on any atom is -0.458 e. The number of amides is 2. The lowest BCUT2D eigenvalue weighted by molar-refractivity contribution is -0.157. The summed E-state index contributed by atoms with van der Waals surface area (Å²) in [5, 5.41) is 5.24. The van der Waals surface area contributed by atoms with Crippen LogP contribution in [0.25, 0.3) is 0 Å². The van der Waals surface area contributed by atoms with Gasteiger partial charge >= 0.3 is 12.1 Å². The molecule has 0 saturated carbocycles. The Kier molecular flexibility index (Phi) is 9.73. The summed E-state index contributed by atoms with van der Waals surface area (Å²) in [6, 6.07) is 17.1. The lowest BCUT2D eigenvalue weighted by Crippen LogP contribution is -2.50. The first-order chi connectivity index (χ1) is 19.7. The Labute approximate surface area is 239 Å². The maximum atomic E-state index is 12.9. The highest BCUT2D eigenvalue weighted by Crippen LogP contribution is 2.19. The molecule has 41 heavy (non-hydrogen) atoms. The minimum absolute atomic E-state index is 0.0432. The molecule has 0 spiro atoms. The van der Waals surface area contributed by atoms with Crippen molar-refractivity contribution in [3.05, 3.63) is 84.2 Å². The van der Waals surface area contributed by atoms with Crippen LogP contribution in [0.4, 0.5) is 16.4 Å². The average Bonchev–Trinajstić information content (AvgIpc) is 2.98. The van der Waals surface area contributed by atoms with Crippen molar-refractivity contribution in [3.63, 3.8) is 0 Å². The number of anilines is 2. The number of nitrogens with one attached hydrogen (secondary N) is 2. The van der Waals surface area contributed by atoms with Gasteiger partial charge in [-0.1, -0.05) is 30.3 Å². The third-order valence-corrected chi connectivity index (χ3v) is 6.27. The second-order valence-electron chi connectivity index (χ2n) is 10.6. The van der Waals surface area contributed by atoms with Gasteiger partial charge in [-0.05, 0) is 56.7 Å². The maximum Gasteiger partial charge on any atom is 0.408 e. The Morgan fingerprint density at radius 1 is 0.878 bits per heavy atom. The molecule has 0 unspecified atom stereocenters. The van der Waals surface area contributed by atoms with Crippen LogP contribution in [0.2, 0.25) is 0 Å². The zero-order chi connectivity index (χ0) is 29.2. The summed E-state index contributed by atoms with van der Waals surface area (Å²) < 4.78 is 10.7. The number of carbonyl (C=O) groups excluding carboxylic acids is 3. The number of alkyl carbamates (subject to hydrolysis) is 1. The van der Waals surface area contributed by atoms with Gasteiger partial charge in [0.15, 0.2) is 0 Å². The molecule has 0 aliphatic carbocycles. The quantitative estimate of drug-likeness (QED) is 0.380. The Morgan fingerprint density at radius 3 is 2.15 bits per heavy atom. The lowest BCUT2D eigenvalue weighted by atomic mass is 10.1. The van der Waals surface area contributed by atoms with E-state index in [0.29, 0.717) is 5.56 Å². The fraction of sp³-hybridized carbons (Fsp3) is 0.367. The summed E-state index contributed by atoms with van der Waals surface area (Å²) >= 11 is 0. The summed E-state index contributed by atoms with van der Waals surface area (Å²) in [6.45, 7) is 8.24. The number of hydrogen-bond donors (Lipinski definition) is 2. The number of benzene rings is 2. The van der Waals surface area contributed by atoms with E-state index in [9.17, 15) is 14.4 Å². The van der Waals surface area contributed by atoms with Gasteiger partial charge < -0.3 is 29.9 Å². The van der Waals surface area contributed by atoms with E-state index in [1.807, 2.05) is 42.5 Å². The number of esters is 1. The largest absolute Gasteiger partial charge is 0.458 e. The van der Waals surface area contributed by atoms with Gasteiger partial charge in [0.25, 0.3) is 5.91 Å². The molecule has 3 aromatic rings. The standard InChI is InChI=1S/C30H36N6O5/c1-30(2,3)41-27(38)25(34-29(39)40-21-22-8-5-4-6-9-22)20-33-26(37)23-10-12-24(13-11-23)35-16-18-36(19-17-35)28-31-14-7-15-32-28/h4-15,25H,16-21H2,1-3H3,(H,33,37)(H,34,39)/t25-/m0/s1. The summed E-state index contributed by atoms with van der Waals surface area (Å²) in [6.07, 6.45) is 2.69. The van der Waals surface area contributed by atoms with Crippen molar-refractivity contribution in [2.75, 3.05) is 42.5 Å². The van der Waals surface area contributed by atoms with E-state index in [2.05, 4.69) is 30.4 Å². The zero-order valence-corrected chi connectivity index (χ0v) is 23.6. The van der Waals surface area contributed by atoms with E-state index >= 15 is 0 Å². The predicted octanol–water partition coefficient (Wildman–Crippen LogP) is 3.17. The van der Waals surface area contributed by atoms with Gasteiger partial charge in [-0.15, -0.1) is 0 Å². The third-order valence-electron chi connectivity index (χ3n) is 6.27. The fourth-order valence-electron chi connectivity index (χ4n) is 4.21. The van der Waals surface area contributed by atoms with E-state index in [4.69, 9.17) is 9.47 Å². The van der Waals surface area contributed by atoms with Crippen LogP contribution in [0.1, 0.15) is 36.7 Å². The van der Waals surface area contributed by atoms with Crippen molar-refractivity contribution < 1.29 is 23.9 Å². The predicted molar refractivity (Wildman–Crippen MR) is 155 cm³/mol. The van der Waals surface area contributed by atoms with Crippen LogP contribution in [0.5, 0.6) is 0 Å². The molecule has 4 rings (SSSR count). The van der Waals surface area contributed by atoms with Crippen molar-refractivity contribution in [3.8, 4) is 0 Å². The molecular weight excluding hydrogens is 524 g/mol.